The molecule has 2 aliphatic heterocycles. The van der Waals surface area contributed by atoms with E-state index in [4.69, 9.17) is 4.99 Å². The number of nitrogens with one attached hydrogen (secondary N) is 2. The number of hydrogen-bond donors (Lipinski definition) is 2. The average Bonchev–Trinajstić information content (AvgIpc) is 2.72. The van der Waals surface area contributed by atoms with Gasteiger partial charge in [0.1, 0.15) is 0 Å². The van der Waals surface area contributed by atoms with Crippen LogP contribution in [0.2, 0.25) is 0 Å². The van der Waals surface area contributed by atoms with Crippen molar-refractivity contribution >= 4 is 5.96 Å². The summed E-state index contributed by atoms with van der Waals surface area (Å²) in [5.74, 6) is 0.994. The molecule has 1 atom stereocenters. The topological polar surface area (TPSA) is 42.9 Å². The van der Waals surface area contributed by atoms with Crippen molar-refractivity contribution in [2.24, 2.45) is 4.99 Å². The van der Waals surface area contributed by atoms with Gasteiger partial charge in [0.2, 0.25) is 0 Å². The molecule has 0 spiro atoms. The molecule has 0 aliphatic carbocycles. The van der Waals surface area contributed by atoms with Crippen LogP contribution in [-0.2, 0) is 6.54 Å². The number of piperidine rings is 2. The van der Waals surface area contributed by atoms with Gasteiger partial charge >= 0.3 is 0 Å². The minimum Gasteiger partial charge on any atom is -0.357 e. The van der Waals surface area contributed by atoms with Crippen LogP contribution in [0.4, 0.5) is 0 Å². The van der Waals surface area contributed by atoms with Crippen molar-refractivity contribution in [1.29, 1.82) is 0 Å². The van der Waals surface area contributed by atoms with Gasteiger partial charge in [-0.1, -0.05) is 36.8 Å². The Morgan fingerprint density at radius 3 is 2.57 bits per heavy atom. The normalized spacial score (nSPS) is 22.9. The van der Waals surface area contributed by atoms with Crippen LogP contribution in [0.3, 0.4) is 0 Å². The third-order valence-corrected chi connectivity index (χ3v) is 6.12. The number of rotatable bonds is 7. The standard InChI is InChI=1S/C23H39N5/c1-3-24-23(25-14-18-28-15-8-7-9-20(28)2)26-22-12-16-27(17-13-22)19-21-10-5-4-6-11-21/h4-6,10-11,20,22H,3,7-9,12-19H2,1-2H3,(H2,24,25,26). The van der Waals surface area contributed by atoms with Gasteiger partial charge in [-0.3, -0.25) is 14.8 Å². The zero-order chi connectivity index (χ0) is 19.6. The summed E-state index contributed by atoms with van der Waals surface area (Å²) in [6.45, 7) is 12.0. The molecule has 0 amide bonds. The minimum atomic E-state index is 0.527. The molecule has 2 heterocycles. The summed E-state index contributed by atoms with van der Waals surface area (Å²) in [7, 11) is 0. The maximum atomic E-state index is 4.86. The van der Waals surface area contributed by atoms with Crippen molar-refractivity contribution in [3.8, 4) is 0 Å². The molecule has 0 aromatic heterocycles. The summed E-state index contributed by atoms with van der Waals surface area (Å²) in [4.78, 5) is 10.0. The Bertz CT molecular complexity index is 580. The average molecular weight is 386 g/mol. The van der Waals surface area contributed by atoms with Crippen LogP contribution in [0.15, 0.2) is 35.3 Å². The van der Waals surface area contributed by atoms with E-state index in [0.717, 1.165) is 45.2 Å². The van der Waals surface area contributed by atoms with Gasteiger partial charge in [-0.15, -0.1) is 0 Å². The smallest absolute Gasteiger partial charge is 0.191 e. The highest BCUT2D eigenvalue weighted by atomic mass is 15.2. The van der Waals surface area contributed by atoms with E-state index in [-0.39, 0.29) is 0 Å². The Labute approximate surface area is 171 Å². The third kappa shape index (κ3) is 6.78. The van der Waals surface area contributed by atoms with E-state index in [0.29, 0.717) is 12.1 Å². The lowest BCUT2D eigenvalue weighted by atomic mass is 10.0. The molecule has 28 heavy (non-hydrogen) atoms. The van der Waals surface area contributed by atoms with Crippen LogP contribution in [0.25, 0.3) is 0 Å². The van der Waals surface area contributed by atoms with Gasteiger partial charge < -0.3 is 10.6 Å². The molecule has 2 N–H and O–H groups in total. The van der Waals surface area contributed by atoms with E-state index in [1.807, 2.05) is 0 Å². The van der Waals surface area contributed by atoms with Crippen molar-refractivity contribution in [1.82, 2.24) is 20.4 Å². The van der Waals surface area contributed by atoms with Gasteiger partial charge in [-0.2, -0.15) is 0 Å². The summed E-state index contributed by atoms with van der Waals surface area (Å²) in [5, 5.41) is 7.12. The molecule has 0 saturated carbocycles. The largest absolute Gasteiger partial charge is 0.357 e. The number of aliphatic imine (C=N–C) groups is 1. The quantitative estimate of drug-likeness (QED) is 0.559. The Morgan fingerprint density at radius 1 is 1.07 bits per heavy atom. The van der Waals surface area contributed by atoms with Crippen LogP contribution in [0.5, 0.6) is 0 Å². The van der Waals surface area contributed by atoms with E-state index in [2.05, 4.69) is 64.6 Å². The van der Waals surface area contributed by atoms with Crippen LogP contribution in [-0.4, -0.2) is 67.1 Å². The van der Waals surface area contributed by atoms with E-state index in [1.165, 1.54) is 44.2 Å². The lowest BCUT2D eigenvalue weighted by molar-refractivity contribution is 0.165. The number of likely N-dealkylation sites (tertiary alicyclic amines) is 2. The summed E-state index contributed by atoms with van der Waals surface area (Å²) in [6, 6.07) is 12.0. The zero-order valence-electron chi connectivity index (χ0n) is 17.9. The minimum absolute atomic E-state index is 0.527. The number of hydrogen-bond acceptors (Lipinski definition) is 3. The van der Waals surface area contributed by atoms with E-state index in [1.54, 1.807) is 0 Å². The number of nitrogens with zero attached hydrogens (tertiary/aromatic N) is 3. The summed E-state index contributed by atoms with van der Waals surface area (Å²) in [5.41, 5.74) is 1.41. The van der Waals surface area contributed by atoms with E-state index >= 15 is 0 Å². The van der Waals surface area contributed by atoms with Crippen molar-refractivity contribution < 1.29 is 0 Å². The predicted octanol–water partition coefficient (Wildman–Crippen LogP) is 3.08. The molecule has 2 saturated heterocycles. The Hall–Kier alpha value is -1.59. The Balaban J connectivity index is 1.41. The van der Waals surface area contributed by atoms with Crippen molar-refractivity contribution in [2.45, 2.75) is 64.6 Å². The first-order valence-electron chi connectivity index (χ1n) is 11.3. The SMILES string of the molecule is CCNC(=NCCN1CCCCC1C)NC1CCN(Cc2ccccc2)CC1. The fourth-order valence-corrected chi connectivity index (χ4v) is 4.37. The van der Waals surface area contributed by atoms with Crippen molar-refractivity contribution in [3.05, 3.63) is 35.9 Å². The molecule has 2 fully saturated rings. The fourth-order valence-electron chi connectivity index (χ4n) is 4.37. The summed E-state index contributed by atoms with van der Waals surface area (Å²) < 4.78 is 0. The van der Waals surface area contributed by atoms with Crippen LogP contribution in [0, 0.1) is 0 Å². The van der Waals surface area contributed by atoms with Crippen LogP contribution in [0.1, 0.15) is 51.5 Å². The fraction of sp³-hybridized carbons (Fsp3) is 0.696. The molecule has 0 radical (unpaired) electrons. The van der Waals surface area contributed by atoms with Crippen molar-refractivity contribution in [2.75, 3.05) is 39.3 Å². The maximum Gasteiger partial charge on any atom is 0.191 e. The highest BCUT2D eigenvalue weighted by molar-refractivity contribution is 5.80. The molecule has 0 bridgehead atoms. The second-order valence-corrected chi connectivity index (χ2v) is 8.32. The van der Waals surface area contributed by atoms with Gasteiger partial charge in [0.15, 0.2) is 5.96 Å². The highest BCUT2D eigenvalue weighted by Gasteiger charge is 2.20. The summed E-state index contributed by atoms with van der Waals surface area (Å²) >= 11 is 0. The van der Waals surface area contributed by atoms with Gasteiger partial charge in [-0.25, -0.2) is 0 Å². The predicted molar refractivity (Wildman–Crippen MR) is 119 cm³/mol. The second kappa shape index (κ2) is 11.4. The molecule has 5 nitrogen and oxygen atoms in total. The first-order chi connectivity index (χ1) is 13.7. The van der Waals surface area contributed by atoms with Gasteiger partial charge in [-0.05, 0) is 51.6 Å². The molecule has 156 valence electrons. The molecular weight excluding hydrogens is 346 g/mol. The van der Waals surface area contributed by atoms with Gasteiger partial charge in [0.05, 0.1) is 6.54 Å². The van der Waals surface area contributed by atoms with Gasteiger partial charge in [0.25, 0.3) is 0 Å². The van der Waals surface area contributed by atoms with E-state index < -0.39 is 0 Å². The monoisotopic (exact) mass is 385 g/mol. The summed E-state index contributed by atoms with van der Waals surface area (Å²) in [6.07, 6.45) is 6.42. The maximum absolute atomic E-state index is 4.86. The highest BCUT2D eigenvalue weighted by Crippen LogP contribution is 2.16. The number of guanidine groups is 1. The molecule has 1 aromatic rings. The Kier molecular flexibility index (Phi) is 8.62. The first kappa shape index (κ1) is 21.1. The second-order valence-electron chi connectivity index (χ2n) is 8.32. The lowest BCUT2D eigenvalue weighted by Crippen LogP contribution is -2.48. The number of benzene rings is 1. The van der Waals surface area contributed by atoms with Crippen molar-refractivity contribution in [3.63, 3.8) is 0 Å². The molecule has 3 rings (SSSR count). The Morgan fingerprint density at radius 2 is 1.86 bits per heavy atom. The van der Waals surface area contributed by atoms with E-state index in [9.17, 15) is 0 Å². The lowest BCUT2D eigenvalue weighted by Gasteiger charge is -2.33. The third-order valence-electron chi connectivity index (χ3n) is 6.12. The molecule has 5 heteroatoms. The van der Waals surface area contributed by atoms with Crippen LogP contribution >= 0.6 is 0 Å². The molecule has 2 aliphatic rings. The van der Waals surface area contributed by atoms with Gasteiger partial charge in [0, 0.05) is 44.8 Å². The zero-order valence-corrected chi connectivity index (χ0v) is 17.9. The first-order valence-corrected chi connectivity index (χ1v) is 11.3. The molecular formula is C23H39N5. The molecule has 1 unspecified atom stereocenters. The van der Waals surface area contributed by atoms with Crippen LogP contribution < -0.4 is 10.6 Å². The molecule has 1 aromatic carbocycles.